The Morgan fingerprint density at radius 1 is 1.45 bits per heavy atom. The van der Waals surface area contributed by atoms with Crippen LogP contribution in [0.5, 0.6) is 0 Å². The van der Waals surface area contributed by atoms with Crippen LogP contribution in [0.3, 0.4) is 0 Å². The normalized spacial score (nSPS) is 12.8. The molecule has 0 aromatic carbocycles. The molecular formula is C21H17Br2N5OS2. The Labute approximate surface area is 205 Å². The topological polar surface area (TPSA) is 83.6 Å². The van der Waals surface area contributed by atoms with Crippen molar-refractivity contribution in [1.29, 1.82) is 5.26 Å². The molecule has 0 atom stereocenters. The van der Waals surface area contributed by atoms with E-state index in [0.29, 0.717) is 20.9 Å². The van der Waals surface area contributed by atoms with Crippen molar-refractivity contribution < 1.29 is 4.79 Å². The first kappa shape index (κ1) is 22.4. The molecular weight excluding hydrogens is 562 g/mol. The van der Waals surface area contributed by atoms with E-state index in [1.165, 1.54) is 11.8 Å². The first-order valence-corrected chi connectivity index (χ1v) is 13.1. The van der Waals surface area contributed by atoms with Crippen molar-refractivity contribution in [2.45, 2.75) is 17.2 Å². The molecule has 4 rings (SSSR count). The highest BCUT2D eigenvalue weighted by Crippen LogP contribution is 2.39. The third kappa shape index (κ3) is 4.85. The number of nitrogens with zero attached hydrogens (tertiary/aromatic N) is 4. The highest BCUT2D eigenvalue weighted by Gasteiger charge is 2.25. The zero-order valence-corrected chi connectivity index (χ0v) is 21.3. The molecule has 0 fully saturated rings. The van der Waals surface area contributed by atoms with Crippen LogP contribution in [-0.2, 0) is 24.0 Å². The van der Waals surface area contributed by atoms with E-state index in [0.717, 1.165) is 44.9 Å². The molecule has 158 valence electrons. The lowest BCUT2D eigenvalue weighted by Gasteiger charge is -2.22. The van der Waals surface area contributed by atoms with Gasteiger partial charge < -0.3 is 9.88 Å². The number of pyridine rings is 2. The third-order valence-electron chi connectivity index (χ3n) is 4.80. The van der Waals surface area contributed by atoms with Crippen molar-refractivity contribution in [2.75, 3.05) is 16.8 Å². The van der Waals surface area contributed by atoms with E-state index in [9.17, 15) is 10.1 Å². The molecule has 0 radical (unpaired) electrons. The van der Waals surface area contributed by atoms with Gasteiger partial charge in [0.25, 0.3) is 0 Å². The fourth-order valence-corrected chi connectivity index (χ4v) is 6.26. The van der Waals surface area contributed by atoms with Gasteiger partial charge in [-0.25, -0.2) is 9.97 Å². The summed E-state index contributed by atoms with van der Waals surface area (Å²) in [6, 6.07) is 8.17. The van der Waals surface area contributed by atoms with E-state index in [1.54, 1.807) is 6.20 Å². The first-order valence-electron chi connectivity index (χ1n) is 9.37. The number of anilines is 1. The molecule has 1 amide bonds. The fraction of sp³-hybridized carbons (Fsp3) is 0.238. The molecule has 0 unspecified atom stereocenters. The van der Waals surface area contributed by atoms with Crippen LogP contribution in [0.25, 0.3) is 11.3 Å². The van der Waals surface area contributed by atoms with Crippen molar-refractivity contribution in [1.82, 2.24) is 14.5 Å². The van der Waals surface area contributed by atoms with Gasteiger partial charge in [0.05, 0.1) is 15.8 Å². The maximum atomic E-state index is 12.6. The summed E-state index contributed by atoms with van der Waals surface area (Å²) in [5.41, 5.74) is 4.61. The molecule has 0 spiro atoms. The number of amides is 1. The maximum absolute atomic E-state index is 12.6. The van der Waals surface area contributed by atoms with Crippen LogP contribution < -0.4 is 5.32 Å². The lowest BCUT2D eigenvalue weighted by Crippen LogP contribution is -2.16. The van der Waals surface area contributed by atoms with E-state index >= 15 is 0 Å². The Morgan fingerprint density at radius 3 is 3.00 bits per heavy atom. The van der Waals surface area contributed by atoms with Crippen LogP contribution in [0.2, 0.25) is 0 Å². The Morgan fingerprint density at radius 2 is 2.29 bits per heavy atom. The van der Waals surface area contributed by atoms with Gasteiger partial charge in [0.1, 0.15) is 16.9 Å². The number of hydrogen-bond acceptors (Lipinski definition) is 6. The van der Waals surface area contributed by atoms with Crippen molar-refractivity contribution in [3.8, 4) is 17.3 Å². The van der Waals surface area contributed by atoms with Crippen LogP contribution in [0.15, 0.2) is 44.6 Å². The number of carbonyl (C=O) groups excluding carboxylic acids is 1. The minimum absolute atomic E-state index is 0.131. The van der Waals surface area contributed by atoms with Crippen LogP contribution in [-0.4, -0.2) is 31.9 Å². The van der Waals surface area contributed by atoms with E-state index < -0.39 is 0 Å². The average molecular weight is 579 g/mol. The monoisotopic (exact) mass is 577 g/mol. The van der Waals surface area contributed by atoms with Crippen molar-refractivity contribution in [3.05, 3.63) is 56.4 Å². The summed E-state index contributed by atoms with van der Waals surface area (Å²) < 4.78 is 3.52. The van der Waals surface area contributed by atoms with E-state index in [2.05, 4.69) is 48.2 Å². The molecule has 0 saturated heterocycles. The van der Waals surface area contributed by atoms with E-state index in [4.69, 9.17) is 4.98 Å². The quantitative estimate of drug-likeness (QED) is 0.408. The standard InChI is InChI=1S/C21H17Br2N5OS2/c1-28-5-2-3-17(28)19-13(8-24)21(26-16-4-6-30-10-14(16)19)31-11-18(29)27-20-15(23)7-12(22)9-25-20/h2-3,5,7,9H,4,6,10-11H2,1H3,(H,25,27,29). The number of thioether (sulfide) groups is 2. The summed E-state index contributed by atoms with van der Waals surface area (Å²) in [5, 5.41) is 13.4. The fourth-order valence-electron chi connectivity index (χ4n) is 3.37. The third-order valence-corrected chi connectivity index (χ3v) is 7.80. The lowest BCUT2D eigenvalue weighted by atomic mass is 9.98. The molecule has 4 heterocycles. The molecule has 31 heavy (non-hydrogen) atoms. The Kier molecular flexibility index (Phi) is 7.06. The summed E-state index contributed by atoms with van der Waals surface area (Å²) in [7, 11) is 1.97. The van der Waals surface area contributed by atoms with Gasteiger partial charge in [-0.05, 0) is 67.8 Å². The van der Waals surface area contributed by atoms with Crippen molar-refractivity contribution in [2.24, 2.45) is 7.05 Å². The Hall–Kier alpha value is -1.80. The summed E-state index contributed by atoms with van der Waals surface area (Å²) in [5.74, 6) is 2.22. The van der Waals surface area contributed by atoms with E-state index in [-0.39, 0.29) is 11.7 Å². The highest BCUT2D eigenvalue weighted by molar-refractivity contribution is 9.11. The van der Waals surface area contributed by atoms with Gasteiger partial charge in [-0.1, -0.05) is 11.8 Å². The summed E-state index contributed by atoms with van der Waals surface area (Å²) >= 11 is 9.89. The van der Waals surface area contributed by atoms with Crippen molar-refractivity contribution in [3.63, 3.8) is 0 Å². The number of halogens is 2. The molecule has 1 aliphatic rings. The van der Waals surface area contributed by atoms with Gasteiger partial charge in [-0.3, -0.25) is 4.79 Å². The zero-order chi connectivity index (χ0) is 22.0. The molecule has 0 bridgehead atoms. The smallest absolute Gasteiger partial charge is 0.235 e. The maximum Gasteiger partial charge on any atom is 0.235 e. The molecule has 0 saturated carbocycles. The molecule has 6 nitrogen and oxygen atoms in total. The molecule has 1 aliphatic heterocycles. The van der Waals surface area contributed by atoms with Crippen LogP contribution in [0.4, 0.5) is 5.82 Å². The first-order chi connectivity index (χ1) is 15.0. The second-order valence-corrected chi connectivity index (χ2v) is 10.7. The summed E-state index contributed by atoms with van der Waals surface area (Å²) in [6.45, 7) is 0. The second kappa shape index (κ2) is 9.77. The number of nitriles is 1. The average Bonchev–Trinajstić information content (AvgIpc) is 3.18. The Bertz CT molecular complexity index is 1210. The molecule has 3 aromatic rings. The summed E-state index contributed by atoms with van der Waals surface area (Å²) in [4.78, 5) is 21.6. The van der Waals surface area contributed by atoms with Gasteiger partial charge in [-0.2, -0.15) is 17.0 Å². The number of aromatic nitrogens is 3. The lowest BCUT2D eigenvalue weighted by molar-refractivity contribution is -0.113. The van der Waals surface area contributed by atoms with Gasteiger partial charge in [-0.15, -0.1) is 0 Å². The molecule has 0 aliphatic carbocycles. The second-order valence-electron chi connectivity index (χ2n) is 6.83. The number of nitrogens with one attached hydrogen (secondary N) is 1. The van der Waals surface area contributed by atoms with Gasteiger partial charge in [0, 0.05) is 46.6 Å². The van der Waals surface area contributed by atoms with E-state index in [1.807, 2.05) is 47.8 Å². The molecule has 3 aromatic heterocycles. The molecule has 10 heteroatoms. The van der Waals surface area contributed by atoms with Gasteiger partial charge in [0.2, 0.25) is 5.91 Å². The number of fused-ring (bicyclic) bond motifs is 1. The van der Waals surface area contributed by atoms with Gasteiger partial charge >= 0.3 is 0 Å². The van der Waals surface area contributed by atoms with Crippen LogP contribution >= 0.6 is 55.4 Å². The minimum atomic E-state index is -0.208. The number of hydrogen-bond donors (Lipinski definition) is 1. The van der Waals surface area contributed by atoms with Gasteiger partial charge in [0.15, 0.2) is 0 Å². The largest absolute Gasteiger partial charge is 0.351 e. The summed E-state index contributed by atoms with van der Waals surface area (Å²) in [6.07, 6.45) is 4.46. The predicted octanol–water partition coefficient (Wildman–Crippen LogP) is 5.40. The number of aryl methyl sites for hydroxylation is 2. The zero-order valence-electron chi connectivity index (χ0n) is 16.5. The Balaban J connectivity index is 1.63. The van der Waals surface area contributed by atoms with Crippen LogP contribution in [0, 0.1) is 11.3 Å². The minimum Gasteiger partial charge on any atom is -0.351 e. The number of rotatable bonds is 5. The highest BCUT2D eigenvalue weighted by atomic mass is 79.9. The number of carbonyl (C=O) groups is 1. The predicted molar refractivity (Wildman–Crippen MR) is 132 cm³/mol. The van der Waals surface area contributed by atoms with Crippen LogP contribution in [0.1, 0.15) is 16.8 Å². The molecule has 1 N–H and O–H groups in total. The SMILES string of the molecule is Cn1cccc1-c1c(C#N)c(SCC(=O)Nc2ncc(Br)cc2Br)nc2c1CSCC2. The van der Waals surface area contributed by atoms with Crippen molar-refractivity contribution >= 4 is 67.1 Å².